The molecule has 1 aromatic rings. The lowest BCUT2D eigenvalue weighted by Gasteiger charge is -2.25. The summed E-state index contributed by atoms with van der Waals surface area (Å²) < 4.78 is 37.6. The molecule has 1 aromatic carbocycles. The van der Waals surface area contributed by atoms with E-state index >= 15 is 0 Å². The van der Waals surface area contributed by atoms with Gasteiger partial charge in [-0.15, -0.1) is 0 Å². The predicted molar refractivity (Wildman–Crippen MR) is 71.7 cm³/mol. The number of hydrogen-bond donors (Lipinski definition) is 1. The van der Waals surface area contributed by atoms with Gasteiger partial charge in [0.05, 0.1) is 11.5 Å². The first-order valence-electron chi connectivity index (χ1n) is 6.84. The minimum absolute atomic E-state index is 0.0411. The largest absolute Gasteiger partial charge is 0.481 e. The Hall–Kier alpha value is -1.56. The molecule has 0 bridgehead atoms. The van der Waals surface area contributed by atoms with Gasteiger partial charge in [0.2, 0.25) is 0 Å². The first kappa shape index (κ1) is 15.8. The summed E-state index contributed by atoms with van der Waals surface area (Å²) in [5.41, 5.74) is 0.0953. The van der Waals surface area contributed by atoms with Gasteiger partial charge in [-0.05, 0) is 30.5 Å². The van der Waals surface area contributed by atoms with Crippen molar-refractivity contribution in [3.63, 3.8) is 0 Å². The lowest BCUT2D eigenvalue weighted by atomic mass is 9.99. The molecule has 1 N–H and O–H groups in total. The topological polar surface area (TPSA) is 40.5 Å². The predicted octanol–water partition coefficient (Wildman–Crippen LogP) is 3.42. The van der Waals surface area contributed by atoms with Crippen LogP contribution in [0.3, 0.4) is 0 Å². The lowest BCUT2D eigenvalue weighted by molar-refractivity contribution is -0.142. The molecule has 0 radical (unpaired) electrons. The van der Waals surface area contributed by atoms with Crippen LogP contribution < -0.4 is 0 Å². The van der Waals surface area contributed by atoms with Crippen LogP contribution in [0.2, 0.25) is 0 Å². The second-order valence-corrected chi connectivity index (χ2v) is 5.67. The minimum Gasteiger partial charge on any atom is -0.481 e. The van der Waals surface area contributed by atoms with Crippen LogP contribution in [-0.4, -0.2) is 29.1 Å². The van der Waals surface area contributed by atoms with E-state index in [2.05, 4.69) is 0 Å². The monoisotopic (exact) mass is 301 g/mol. The highest BCUT2D eigenvalue weighted by atomic mass is 19.4. The van der Waals surface area contributed by atoms with Gasteiger partial charge in [-0.2, -0.15) is 13.2 Å². The van der Waals surface area contributed by atoms with Crippen LogP contribution in [0, 0.1) is 11.8 Å². The number of carboxylic acids is 1. The number of halogens is 3. The third kappa shape index (κ3) is 3.37. The Labute approximate surface area is 121 Å². The third-order valence-corrected chi connectivity index (χ3v) is 4.23. The Bertz CT molecular complexity index is 513. The Morgan fingerprint density at radius 2 is 1.86 bits per heavy atom. The van der Waals surface area contributed by atoms with Crippen LogP contribution >= 0.6 is 0 Å². The van der Waals surface area contributed by atoms with Crippen molar-refractivity contribution in [2.45, 2.75) is 26.1 Å². The molecule has 1 saturated heterocycles. The second-order valence-electron chi connectivity index (χ2n) is 5.67. The Morgan fingerprint density at radius 1 is 1.29 bits per heavy atom. The number of alkyl halides is 3. The van der Waals surface area contributed by atoms with Gasteiger partial charge in [-0.25, -0.2) is 0 Å². The molecule has 116 valence electrons. The molecule has 0 aliphatic carbocycles. The minimum atomic E-state index is -4.33. The third-order valence-electron chi connectivity index (χ3n) is 4.23. The summed E-state index contributed by atoms with van der Waals surface area (Å²) in [6, 6.07) is 4.97. The zero-order chi connectivity index (χ0) is 15.8. The number of benzene rings is 1. The van der Waals surface area contributed by atoms with E-state index in [4.69, 9.17) is 5.11 Å². The van der Waals surface area contributed by atoms with Crippen molar-refractivity contribution in [3.8, 4) is 0 Å². The molecule has 0 spiro atoms. The quantitative estimate of drug-likeness (QED) is 0.930. The maximum Gasteiger partial charge on any atom is 0.416 e. The van der Waals surface area contributed by atoms with Crippen LogP contribution in [0.15, 0.2) is 24.3 Å². The number of aliphatic carboxylic acids is 1. The van der Waals surface area contributed by atoms with Crippen molar-refractivity contribution in [2.75, 3.05) is 13.1 Å². The fourth-order valence-electron chi connectivity index (χ4n) is 2.80. The summed E-state index contributed by atoms with van der Waals surface area (Å²) in [5, 5.41) is 9.13. The molecule has 3 nitrogen and oxygen atoms in total. The van der Waals surface area contributed by atoms with Crippen molar-refractivity contribution in [1.82, 2.24) is 4.90 Å². The van der Waals surface area contributed by atoms with Gasteiger partial charge in [0.1, 0.15) is 0 Å². The summed E-state index contributed by atoms with van der Waals surface area (Å²) in [4.78, 5) is 13.1. The summed E-state index contributed by atoms with van der Waals surface area (Å²) in [7, 11) is 0. The smallest absolute Gasteiger partial charge is 0.416 e. The molecule has 1 aliphatic rings. The number of rotatable bonds is 3. The molecule has 21 heavy (non-hydrogen) atoms. The average Bonchev–Trinajstić information content (AvgIpc) is 2.79. The molecule has 1 heterocycles. The summed E-state index contributed by atoms with van der Waals surface area (Å²) >= 11 is 0. The highest BCUT2D eigenvalue weighted by Gasteiger charge is 2.37. The van der Waals surface area contributed by atoms with Crippen molar-refractivity contribution in [1.29, 1.82) is 0 Å². The first-order valence-corrected chi connectivity index (χ1v) is 6.84. The van der Waals surface area contributed by atoms with Crippen LogP contribution in [0.5, 0.6) is 0 Å². The normalized spacial score (nSPS) is 25.0. The van der Waals surface area contributed by atoms with Crippen LogP contribution in [-0.2, 0) is 11.0 Å². The van der Waals surface area contributed by atoms with E-state index in [0.29, 0.717) is 13.1 Å². The lowest BCUT2D eigenvalue weighted by Crippen LogP contribution is -2.26. The number of carbonyl (C=O) groups is 1. The molecule has 6 heteroatoms. The zero-order valence-corrected chi connectivity index (χ0v) is 11.9. The Balaban J connectivity index is 2.11. The molecular weight excluding hydrogens is 283 g/mol. The standard InChI is InChI=1S/C15H18F3NO2/c1-9-7-19(8-13(9)14(20)21)10(2)11-3-5-12(6-4-11)15(16,17)18/h3-6,9-10,13H,7-8H2,1-2H3,(H,20,21). The van der Waals surface area contributed by atoms with Gasteiger partial charge >= 0.3 is 12.1 Å². The first-order chi connectivity index (χ1) is 9.70. The van der Waals surface area contributed by atoms with Crippen LogP contribution in [0.25, 0.3) is 0 Å². The molecular formula is C15H18F3NO2. The summed E-state index contributed by atoms with van der Waals surface area (Å²) in [6.45, 7) is 4.84. The van der Waals surface area contributed by atoms with Gasteiger partial charge < -0.3 is 5.11 Å². The van der Waals surface area contributed by atoms with E-state index in [0.717, 1.165) is 17.7 Å². The van der Waals surface area contributed by atoms with E-state index < -0.39 is 23.6 Å². The van der Waals surface area contributed by atoms with Crippen molar-refractivity contribution < 1.29 is 23.1 Å². The Kier molecular flexibility index (Phi) is 4.27. The average molecular weight is 301 g/mol. The van der Waals surface area contributed by atoms with Crippen molar-refractivity contribution in [3.05, 3.63) is 35.4 Å². The van der Waals surface area contributed by atoms with E-state index in [1.165, 1.54) is 12.1 Å². The molecule has 0 amide bonds. The number of likely N-dealkylation sites (tertiary alicyclic amines) is 1. The molecule has 1 fully saturated rings. The fraction of sp³-hybridized carbons (Fsp3) is 0.533. The van der Waals surface area contributed by atoms with E-state index in [1.54, 1.807) is 0 Å². The Morgan fingerprint density at radius 3 is 2.29 bits per heavy atom. The number of carboxylic acid groups (broad SMARTS) is 1. The summed E-state index contributed by atoms with van der Waals surface area (Å²) in [5.74, 6) is -1.19. The van der Waals surface area contributed by atoms with Crippen molar-refractivity contribution >= 4 is 5.97 Å². The number of nitrogens with zero attached hydrogens (tertiary/aromatic N) is 1. The number of hydrogen-bond acceptors (Lipinski definition) is 2. The molecule has 0 aromatic heterocycles. The van der Waals surface area contributed by atoms with Gasteiger partial charge in [-0.1, -0.05) is 19.1 Å². The molecule has 2 rings (SSSR count). The van der Waals surface area contributed by atoms with Gasteiger partial charge in [0, 0.05) is 19.1 Å². The maximum atomic E-state index is 12.5. The SMILES string of the molecule is CC1CN(C(C)c2ccc(C(F)(F)F)cc2)CC1C(=O)O. The summed E-state index contributed by atoms with van der Waals surface area (Å²) in [6.07, 6.45) is -4.33. The van der Waals surface area contributed by atoms with Gasteiger partial charge in [0.15, 0.2) is 0 Å². The van der Waals surface area contributed by atoms with Crippen LogP contribution in [0.4, 0.5) is 13.2 Å². The zero-order valence-electron chi connectivity index (χ0n) is 11.9. The highest BCUT2D eigenvalue weighted by molar-refractivity contribution is 5.71. The van der Waals surface area contributed by atoms with Gasteiger partial charge in [0.25, 0.3) is 0 Å². The molecule has 0 saturated carbocycles. The van der Waals surface area contributed by atoms with E-state index in [-0.39, 0.29) is 12.0 Å². The second kappa shape index (κ2) is 5.67. The molecule has 3 unspecified atom stereocenters. The fourth-order valence-corrected chi connectivity index (χ4v) is 2.80. The van der Waals surface area contributed by atoms with Crippen LogP contribution in [0.1, 0.15) is 31.0 Å². The maximum absolute atomic E-state index is 12.5. The van der Waals surface area contributed by atoms with E-state index in [9.17, 15) is 18.0 Å². The van der Waals surface area contributed by atoms with Gasteiger partial charge in [-0.3, -0.25) is 9.69 Å². The highest BCUT2D eigenvalue weighted by Crippen LogP contribution is 2.33. The molecule has 3 atom stereocenters. The molecule has 1 aliphatic heterocycles. The van der Waals surface area contributed by atoms with Crippen molar-refractivity contribution in [2.24, 2.45) is 11.8 Å². The van der Waals surface area contributed by atoms with E-state index in [1.807, 2.05) is 18.7 Å².